The first-order valence-corrected chi connectivity index (χ1v) is 17.7. The summed E-state index contributed by atoms with van der Waals surface area (Å²) in [4.78, 5) is 32.0. The van der Waals surface area contributed by atoms with E-state index in [1.54, 1.807) is 29.5 Å². The maximum absolute atomic E-state index is 13.2. The van der Waals surface area contributed by atoms with Crippen LogP contribution in [-0.4, -0.2) is 50.5 Å². The minimum absolute atomic E-state index is 0.0660. The second-order valence-electron chi connectivity index (χ2n) is 12.1. The average molecular weight is 700 g/mol. The summed E-state index contributed by atoms with van der Waals surface area (Å²) in [7, 11) is 0. The number of aromatic nitrogens is 3. The van der Waals surface area contributed by atoms with E-state index < -0.39 is 6.04 Å². The van der Waals surface area contributed by atoms with Crippen LogP contribution in [0.25, 0.3) is 5.00 Å². The molecule has 4 aromatic rings. The standard InChI is InChI=1S/C37H42ClN7O3S/c1-23-24(2)49-37-34(23)35(27-12-15-29(38)16-13-27)42-31(36-44-43-25(3)45(36)37)21-33(48)40-19-8-6-4-5-7-11-32(47)41-30-17-14-26(10-9-18-39)28(20-30)22-46/h12-17,20,31,46H,4-8,11,18-19,21-22,39H2,1-3H3,(H,40,48)(H,41,47)/t31-/m0/s1. The molecule has 0 saturated carbocycles. The van der Waals surface area contributed by atoms with E-state index in [1.807, 2.05) is 35.8 Å². The van der Waals surface area contributed by atoms with Crippen molar-refractivity contribution >= 4 is 46.2 Å². The number of nitrogens with two attached hydrogens (primary N) is 1. The Morgan fingerprint density at radius 2 is 1.78 bits per heavy atom. The highest BCUT2D eigenvalue weighted by molar-refractivity contribution is 7.15. The number of hydrogen-bond acceptors (Lipinski definition) is 8. The van der Waals surface area contributed by atoms with Gasteiger partial charge in [-0.3, -0.25) is 19.1 Å². The van der Waals surface area contributed by atoms with Gasteiger partial charge in [0, 0.05) is 45.2 Å². The highest BCUT2D eigenvalue weighted by Gasteiger charge is 2.32. The number of hydrogen-bond donors (Lipinski definition) is 4. The number of carbonyl (C=O) groups is 2. The first-order chi connectivity index (χ1) is 23.7. The second-order valence-corrected chi connectivity index (χ2v) is 13.7. The predicted molar refractivity (Wildman–Crippen MR) is 196 cm³/mol. The van der Waals surface area contributed by atoms with Crippen molar-refractivity contribution in [3.05, 3.63) is 91.8 Å². The van der Waals surface area contributed by atoms with Gasteiger partial charge in [0.25, 0.3) is 0 Å². The molecular formula is C37H42ClN7O3S. The highest BCUT2D eigenvalue weighted by atomic mass is 35.5. The molecule has 5 rings (SSSR count). The summed E-state index contributed by atoms with van der Waals surface area (Å²) in [6.45, 7) is 6.77. The van der Waals surface area contributed by atoms with Crippen LogP contribution in [-0.2, 0) is 16.2 Å². The average Bonchev–Trinajstić information content (AvgIpc) is 3.57. The zero-order valence-corrected chi connectivity index (χ0v) is 29.7. The summed E-state index contributed by atoms with van der Waals surface area (Å²) in [6, 6.07) is 12.4. The Kier molecular flexibility index (Phi) is 12.4. The molecule has 0 aliphatic carbocycles. The Labute approximate surface area is 296 Å². The molecule has 2 aromatic heterocycles. The Hall–Kier alpha value is -4.34. The smallest absolute Gasteiger partial charge is 0.224 e. The fourth-order valence-electron chi connectivity index (χ4n) is 5.84. The fourth-order valence-corrected chi connectivity index (χ4v) is 7.18. The van der Waals surface area contributed by atoms with Gasteiger partial charge >= 0.3 is 0 Å². The molecule has 5 N–H and O–H groups in total. The zero-order valence-electron chi connectivity index (χ0n) is 28.1. The van der Waals surface area contributed by atoms with E-state index in [-0.39, 0.29) is 31.4 Å². The molecule has 0 unspecified atom stereocenters. The molecule has 2 aromatic carbocycles. The van der Waals surface area contributed by atoms with Gasteiger partial charge in [-0.15, -0.1) is 21.5 Å². The Balaban J connectivity index is 1.10. The molecular weight excluding hydrogens is 658 g/mol. The number of anilines is 1. The number of nitrogens with zero attached hydrogens (tertiary/aromatic N) is 4. The van der Waals surface area contributed by atoms with Gasteiger partial charge in [-0.05, 0) is 75.1 Å². The van der Waals surface area contributed by atoms with Gasteiger partial charge in [-0.1, -0.05) is 54.8 Å². The number of carbonyl (C=O) groups excluding carboxylic acids is 2. The van der Waals surface area contributed by atoms with E-state index in [0.717, 1.165) is 65.3 Å². The molecule has 1 aliphatic rings. The summed E-state index contributed by atoms with van der Waals surface area (Å²) in [5.41, 5.74) is 11.4. The quantitative estimate of drug-likeness (QED) is 0.0982. The number of rotatable bonds is 13. The molecule has 2 amide bonds. The number of halogens is 1. The number of unbranched alkanes of at least 4 members (excludes halogenated alkanes) is 4. The molecule has 0 spiro atoms. The van der Waals surface area contributed by atoms with Gasteiger partial charge in [-0.25, -0.2) is 0 Å². The largest absolute Gasteiger partial charge is 0.392 e. The topological polar surface area (TPSA) is 148 Å². The Morgan fingerprint density at radius 1 is 1.02 bits per heavy atom. The fraction of sp³-hybridized carbons (Fsp3) is 0.378. The summed E-state index contributed by atoms with van der Waals surface area (Å²) in [5, 5.41) is 26.1. The number of amides is 2. The number of nitrogens with one attached hydrogen (secondary N) is 2. The Morgan fingerprint density at radius 3 is 2.53 bits per heavy atom. The Bertz CT molecular complexity index is 1900. The number of aliphatic hydroxyl groups excluding tert-OH is 1. The number of aliphatic imine (C=N–C) groups is 1. The van der Waals surface area contributed by atoms with Crippen molar-refractivity contribution in [3.63, 3.8) is 0 Å². The monoisotopic (exact) mass is 699 g/mol. The van der Waals surface area contributed by atoms with E-state index in [1.165, 1.54) is 4.88 Å². The number of thiophene rings is 1. The minimum atomic E-state index is -0.504. The predicted octanol–water partition coefficient (Wildman–Crippen LogP) is 6.09. The van der Waals surface area contributed by atoms with Gasteiger partial charge in [0.15, 0.2) is 5.82 Å². The van der Waals surface area contributed by atoms with Crippen LogP contribution in [0.3, 0.4) is 0 Å². The third kappa shape index (κ3) is 8.83. The normalized spacial score (nSPS) is 13.4. The van der Waals surface area contributed by atoms with Gasteiger partial charge in [-0.2, -0.15) is 0 Å². The molecule has 0 saturated heterocycles. The van der Waals surface area contributed by atoms with Crippen molar-refractivity contribution in [2.45, 2.75) is 78.4 Å². The van der Waals surface area contributed by atoms with Crippen LogP contribution in [0.5, 0.6) is 0 Å². The van der Waals surface area contributed by atoms with Crippen molar-refractivity contribution in [1.82, 2.24) is 20.1 Å². The number of aryl methyl sites for hydroxylation is 2. The molecule has 10 nitrogen and oxygen atoms in total. The third-order valence-corrected chi connectivity index (χ3v) is 9.97. The maximum atomic E-state index is 13.2. The van der Waals surface area contributed by atoms with Crippen LogP contribution in [0.4, 0.5) is 5.69 Å². The highest BCUT2D eigenvalue weighted by Crippen LogP contribution is 2.39. The lowest BCUT2D eigenvalue weighted by molar-refractivity contribution is -0.121. The minimum Gasteiger partial charge on any atom is -0.392 e. The summed E-state index contributed by atoms with van der Waals surface area (Å²) < 4.78 is 2.05. The summed E-state index contributed by atoms with van der Waals surface area (Å²) >= 11 is 7.89. The molecule has 0 radical (unpaired) electrons. The van der Waals surface area contributed by atoms with Crippen LogP contribution < -0.4 is 16.4 Å². The molecule has 0 bridgehead atoms. The van der Waals surface area contributed by atoms with E-state index >= 15 is 0 Å². The van der Waals surface area contributed by atoms with E-state index in [2.05, 4.69) is 46.5 Å². The van der Waals surface area contributed by atoms with Gasteiger partial charge in [0.1, 0.15) is 16.9 Å². The van der Waals surface area contributed by atoms with Crippen molar-refractivity contribution < 1.29 is 14.7 Å². The van der Waals surface area contributed by atoms with Crippen molar-refractivity contribution in [1.29, 1.82) is 0 Å². The second kappa shape index (κ2) is 16.9. The van der Waals surface area contributed by atoms with Crippen molar-refractivity contribution in [3.8, 4) is 16.8 Å². The van der Waals surface area contributed by atoms with Crippen molar-refractivity contribution in [2.75, 3.05) is 18.4 Å². The van der Waals surface area contributed by atoms with E-state index in [9.17, 15) is 14.7 Å². The molecule has 0 fully saturated rings. The third-order valence-electron chi connectivity index (χ3n) is 8.52. The number of benzene rings is 2. The molecule has 3 heterocycles. The zero-order chi connectivity index (χ0) is 34.9. The molecule has 1 aliphatic heterocycles. The van der Waals surface area contributed by atoms with Gasteiger partial charge < -0.3 is 21.5 Å². The molecule has 256 valence electrons. The van der Waals surface area contributed by atoms with Crippen LogP contribution in [0.15, 0.2) is 47.5 Å². The maximum Gasteiger partial charge on any atom is 0.224 e. The van der Waals surface area contributed by atoms with Crippen LogP contribution in [0.1, 0.15) is 95.3 Å². The SMILES string of the molecule is Cc1sc2c(c1C)C(c1ccc(Cl)cc1)=N[C@@H](CC(=O)NCCCCCCCC(=O)Nc1ccc(C#CCN)c(CO)c1)c1nnc(C)n1-2. The van der Waals surface area contributed by atoms with E-state index in [0.29, 0.717) is 40.6 Å². The number of aliphatic hydroxyl groups is 1. The summed E-state index contributed by atoms with van der Waals surface area (Å²) in [5.74, 6) is 6.97. The number of fused-ring (bicyclic) bond motifs is 3. The van der Waals surface area contributed by atoms with Gasteiger partial charge in [0.2, 0.25) is 11.8 Å². The van der Waals surface area contributed by atoms with Crippen molar-refractivity contribution in [2.24, 2.45) is 10.7 Å². The van der Waals surface area contributed by atoms with Crippen LogP contribution in [0, 0.1) is 32.6 Å². The lowest BCUT2D eigenvalue weighted by atomic mass is 9.99. The lowest BCUT2D eigenvalue weighted by Crippen LogP contribution is -2.26. The van der Waals surface area contributed by atoms with Gasteiger partial charge in [0.05, 0.1) is 25.3 Å². The lowest BCUT2D eigenvalue weighted by Gasteiger charge is -2.13. The molecule has 49 heavy (non-hydrogen) atoms. The first kappa shape index (κ1) is 36.0. The first-order valence-electron chi connectivity index (χ1n) is 16.6. The molecule has 1 atom stereocenters. The van der Waals surface area contributed by atoms with Crippen LogP contribution in [0.2, 0.25) is 5.02 Å². The van der Waals surface area contributed by atoms with Crippen LogP contribution >= 0.6 is 22.9 Å². The summed E-state index contributed by atoms with van der Waals surface area (Å²) in [6.07, 6.45) is 5.01. The molecule has 12 heteroatoms. The van der Waals surface area contributed by atoms with E-state index in [4.69, 9.17) is 22.3 Å².